The highest BCUT2D eigenvalue weighted by Gasteiger charge is 2.33. The van der Waals surface area contributed by atoms with E-state index in [1.807, 2.05) is 13.1 Å². The van der Waals surface area contributed by atoms with Crippen molar-refractivity contribution in [2.24, 2.45) is 5.92 Å². The normalized spacial score (nSPS) is 19.9. The minimum absolute atomic E-state index is 0.307. The molecule has 22 heavy (non-hydrogen) atoms. The summed E-state index contributed by atoms with van der Waals surface area (Å²) >= 11 is 3.42. The van der Waals surface area contributed by atoms with Crippen LogP contribution in [0.25, 0.3) is 0 Å². The zero-order valence-corrected chi connectivity index (χ0v) is 15.0. The van der Waals surface area contributed by atoms with E-state index in [4.69, 9.17) is 4.74 Å². The minimum Gasteiger partial charge on any atom is -0.492 e. The quantitative estimate of drug-likeness (QED) is 0.856. The fourth-order valence-electron chi connectivity index (χ4n) is 3.21. The van der Waals surface area contributed by atoms with Gasteiger partial charge < -0.3 is 10.1 Å². The third-order valence-corrected chi connectivity index (χ3v) is 6.76. The molecule has 0 bridgehead atoms. The largest absolute Gasteiger partial charge is 0.492 e. The van der Waals surface area contributed by atoms with E-state index in [9.17, 15) is 8.42 Å². The molecule has 0 atom stereocenters. The molecule has 1 aromatic carbocycles. The molecule has 0 aromatic heterocycles. The SMILES string of the molecule is CNCC1CCN(S(=O)(=O)c2cc(Br)cc3c2OCC3)CC1. The van der Waals surface area contributed by atoms with E-state index in [1.165, 1.54) is 0 Å². The predicted molar refractivity (Wildman–Crippen MR) is 88.8 cm³/mol. The Morgan fingerprint density at radius 1 is 1.36 bits per heavy atom. The van der Waals surface area contributed by atoms with E-state index in [-0.39, 0.29) is 0 Å². The van der Waals surface area contributed by atoms with Crippen molar-refractivity contribution in [2.75, 3.05) is 33.3 Å². The van der Waals surface area contributed by atoms with Crippen LogP contribution < -0.4 is 10.1 Å². The number of nitrogens with one attached hydrogen (secondary N) is 1. The molecule has 2 heterocycles. The van der Waals surface area contributed by atoms with E-state index in [0.29, 0.717) is 36.3 Å². The first-order valence-electron chi connectivity index (χ1n) is 7.62. The summed E-state index contributed by atoms with van der Waals surface area (Å²) in [4.78, 5) is 0.307. The molecule has 1 aromatic rings. The summed E-state index contributed by atoms with van der Waals surface area (Å²) in [6, 6.07) is 3.61. The van der Waals surface area contributed by atoms with Gasteiger partial charge in [0.05, 0.1) is 6.61 Å². The Bertz CT molecular complexity index is 655. The Morgan fingerprint density at radius 2 is 2.09 bits per heavy atom. The maximum Gasteiger partial charge on any atom is 0.246 e. The Morgan fingerprint density at radius 3 is 2.77 bits per heavy atom. The van der Waals surface area contributed by atoms with Crippen molar-refractivity contribution >= 4 is 26.0 Å². The molecule has 2 aliphatic rings. The number of nitrogens with zero attached hydrogens (tertiary/aromatic N) is 1. The summed E-state index contributed by atoms with van der Waals surface area (Å²) < 4.78 is 33.9. The molecule has 1 fully saturated rings. The van der Waals surface area contributed by atoms with Gasteiger partial charge in [0.2, 0.25) is 10.0 Å². The standard InChI is InChI=1S/C15H21BrN2O3S/c1-17-10-11-2-5-18(6-3-11)22(19,20)14-9-13(16)8-12-4-7-21-15(12)14/h8-9,11,17H,2-7,10H2,1H3. The van der Waals surface area contributed by atoms with Crippen LogP contribution in [0.2, 0.25) is 0 Å². The van der Waals surface area contributed by atoms with Crippen molar-refractivity contribution in [3.63, 3.8) is 0 Å². The third-order valence-electron chi connectivity index (χ3n) is 4.40. The fourth-order valence-corrected chi connectivity index (χ4v) is 5.54. The smallest absolute Gasteiger partial charge is 0.246 e. The van der Waals surface area contributed by atoms with Crippen molar-refractivity contribution in [3.8, 4) is 5.75 Å². The maximum absolute atomic E-state index is 13.0. The van der Waals surface area contributed by atoms with Crippen molar-refractivity contribution < 1.29 is 13.2 Å². The number of halogens is 1. The minimum atomic E-state index is -3.49. The van der Waals surface area contributed by atoms with Gasteiger partial charge in [0.25, 0.3) is 0 Å². The molecular weight excluding hydrogens is 368 g/mol. The number of benzene rings is 1. The molecule has 7 heteroatoms. The highest BCUT2D eigenvalue weighted by Crippen LogP contribution is 2.38. The summed E-state index contributed by atoms with van der Waals surface area (Å²) in [7, 11) is -1.55. The van der Waals surface area contributed by atoms with Crippen LogP contribution in [0, 0.1) is 5.92 Å². The predicted octanol–water partition coefficient (Wildman–Crippen LogP) is 2.00. The lowest BCUT2D eigenvalue weighted by Crippen LogP contribution is -2.40. The van der Waals surface area contributed by atoms with Crippen LogP contribution >= 0.6 is 15.9 Å². The molecular formula is C15H21BrN2O3S. The van der Waals surface area contributed by atoms with Crippen LogP contribution in [0.3, 0.4) is 0 Å². The first-order chi connectivity index (χ1) is 10.5. The van der Waals surface area contributed by atoms with Gasteiger partial charge in [0.1, 0.15) is 10.6 Å². The highest BCUT2D eigenvalue weighted by molar-refractivity contribution is 9.10. The van der Waals surface area contributed by atoms with Gasteiger partial charge >= 0.3 is 0 Å². The van der Waals surface area contributed by atoms with Crippen molar-refractivity contribution in [1.82, 2.24) is 9.62 Å². The van der Waals surface area contributed by atoms with E-state index >= 15 is 0 Å². The van der Waals surface area contributed by atoms with Crippen LogP contribution in [0.4, 0.5) is 0 Å². The number of piperidine rings is 1. The van der Waals surface area contributed by atoms with Crippen LogP contribution in [-0.4, -0.2) is 46.0 Å². The topological polar surface area (TPSA) is 58.6 Å². The highest BCUT2D eigenvalue weighted by atomic mass is 79.9. The van der Waals surface area contributed by atoms with Gasteiger partial charge in [-0.15, -0.1) is 0 Å². The second kappa shape index (κ2) is 6.47. The molecule has 0 spiro atoms. The van der Waals surface area contributed by atoms with E-state index in [0.717, 1.165) is 35.8 Å². The van der Waals surface area contributed by atoms with Crippen LogP contribution in [0.1, 0.15) is 18.4 Å². The molecule has 0 aliphatic carbocycles. The third kappa shape index (κ3) is 3.04. The summed E-state index contributed by atoms with van der Waals surface area (Å²) in [5, 5.41) is 3.17. The summed E-state index contributed by atoms with van der Waals surface area (Å²) in [6.45, 7) is 2.66. The van der Waals surface area contributed by atoms with Gasteiger partial charge in [-0.2, -0.15) is 4.31 Å². The lowest BCUT2D eigenvalue weighted by Gasteiger charge is -2.31. The molecule has 1 saturated heterocycles. The Hall–Kier alpha value is -0.630. The first-order valence-corrected chi connectivity index (χ1v) is 9.85. The molecule has 3 rings (SSSR count). The van der Waals surface area contributed by atoms with Gasteiger partial charge in [-0.25, -0.2) is 8.42 Å². The summed E-state index contributed by atoms with van der Waals surface area (Å²) in [6.07, 6.45) is 2.57. The number of sulfonamides is 1. The molecule has 0 unspecified atom stereocenters. The zero-order valence-electron chi connectivity index (χ0n) is 12.6. The fraction of sp³-hybridized carbons (Fsp3) is 0.600. The van der Waals surface area contributed by atoms with Crippen LogP contribution in [-0.2, 0) is 16.4 Å². The molecule has 0 amide bonds. The molecule has 5 nitrogen and oxygen atoms in total. The number of hydrogen-bond acceptors (Lipinski definition) is 4. The number of ether oxygens (including phenoxy) is 1. The van der Waals surface area contributed by atoms with Crippen LogP contribution in [0.15, 0.2) is 21.5 Å². The average Bonchev–Trinajstić information content (AvgIpc) is 2.95. The maximum atomic E-state index is 13.0. The van der Waals surface area contributed by atoms with Gasteiger partial charge in [-0.05, 0) is 44.5 Å². The van der Waals surface area contributed by atoms with E-state index in [1.54, 1.807) is 10.4 Å². The van der Waals surface area contributed by atoms with Crippen LogP contribution in [0.5, 0.6) is 5.75 Å². The number of hydrogen-bond donors (Lipinski definition) is 1. The summed E-state index contributed by atoms with van der Waals surface area (Å²) in [5.41, 5.74) is 0.970. The summed E-state index contributed by atoms with van der Waals surface area (Å²) in [5.74, 6) is 1.10. The number of fused-ring (bicyclic) bond motifs is 1. The first kappa shape index (κ1) is 16.2. The second-order valence-electron chi connectivity index (χ2n) is 5.90. The van der Waals surface area contributed by atoms with Gasteiger partial charge in [0, 0.05) is 29.5 Å². The van der Waals surface area contributed by atoms with E-state index in [2.05, 4.69) is 21.2 Å². The Kier molecular flexibility index (Phi) is 4.77. The second-order valence-corrected chi connectivity index (χ2v) is 8.72. The molecule has 1 N–H and O–H groups in total. The van der Waals surface area contributed by atoms with Gasteiger partial charge in [-0.1, -0.05) is 15.9 Å². The van der Waals surface area contributed by atoms with Crippen molar-refractivity contribution in [2.45, 2.75) is 24.2 Å². The number of rotatable bonds is 4. The molecule has 0 saturated carbocycles. The average molecular weight is 389 g/mol. The van der Waals surface area contributed by atoms with Gasteiger partial charge in [-0.3, -0.25) is 0 Å². The Labute approximate surface area is 140 Å². The van der Waals surface area contributed by atoms with Crippen molar-refractivity contribution in [1.29, 1.82) is 0 Å². The van der Waals surface area contributed by atoms with Crippen molar-refractivity contribution in [3.05, 3.63) is 22.2 Å². The lowest BCUT2D eigenvalue weighted by atomic mass is 9.98. The lowest BCUT2D eigenvalue weighted by molar-refractivity contribution is 0.269. The van der Waals surface area contributed by atoms with Gasteiger partial charge in [0.15, 0.2) is 0 Å². The molecule has 0 radical (unpaired) electrons. The Balaban J connectivity index is 1.86. The molecule has 2 aliphatic heterocycles. The zero-order chi connectivity index (χ0) is 15.7. The van der Waals surface area contributed by atoms with E-state index < -0.39 is 10.0 Å². The monoisotopic (exact) mass is 388 g/mol. The molecule has 122 valence electrons.